The Bertz CT molecular complexity index is 494. The van der Waals surface area contributed by atoms with Crippen LogP contribution in [0.4, 0.5) is 5.69 Å². The van der Waals surface area contributed by atoms with Crippen molar-refractivity contribution in [3.63, 3.8) is 0 Å². The van der Waals surface area contributed by atoms with Crippen LogP contribution in [-0.2, 0) is 0 Å². The largest absolute Gasteiger partial charge is 0.479 e. The summed E-state index contributed by atoms with van der Waals surface area (Å²) >= 11 is 0. The van der Waals surface area contributed by atoms with Gasteiger partial charge >= 0.3 is 0 Å². The Morgan fingerprint density at radius 2 is 2.18 bits per heavy atom. The molecule has 0 fully saturated rings. The third kappa shape index (κ3) is 4.70. The van der Waals surface area contributed by atoms with Gasteiger partial charge < -0.3 is 10.1 Å². The van der Waals surface area contributed by atoms with E-state index in [0.29, 0.717) is 18.6 Å². The average Bonchev–Trinajstić information content (AvgIpc) is 2.37. The average molecular weight is 222 g/mol. The van der Waals surface area contributed by atoms with Crippen LogP contribution in [0.5, 0.6) is 5.75 Å². The molecule has 0 unspecified atom stereocenters. The monoisotopic (exact) mass is 222 g/mol. The molecule has 0 aliphatic heterocycles. The summed E-state index contributed by atoms with van der Waals surface area (Å²) in [6.07, 6.45) is 11.6. The zero-order chi connectivity index (χ0) is 12.3. The van der Waals surface area contributed by atoms with Gasteiger partial charge in [0.1, 0.15) is 12.4 Å². The molecule has 0 saturated carbocycles. The fourth-order valence-corrected chi connectivity index (χ4v) is 1.07. The molecule has 0 heterocycles. The molecule has 1 aromatic carbocycles. The molecule has 2 heteroatoms. The molecule has 0 aliphatic carbocycles. The van der Waals surface area contributed by atoms with Crippen molar-refractivity contribution in [2.45, 2.75) is 12.8 Å². The molecule has 83 valence electrons. The van der Waals surface area contributed by atoms with Crippen LogP contribution in [0, 0.1) is 42.7 Å². The Hall–Kier alpha value is -2.50. The van der Waals surface area contributed by atoms with Crippen LogP contribution in [0.15, 0.2) is 18.2 Å². The lowest BCUT2D eigenvalue weighted by molar-refractivity contribution is 0.372. The molecular weight excluding hydrogens is 210 g/mol. The van der Waals surface area contributed by atoms with Gasteiger partial charge in [-0.15, -0.1) is 18.8 Å². The number of nitrogens with one attached hydrogen (secondary N) is 1. The van der Waals surface area contributed by atoms with E-state index in [9.17, 15) is 0 Å². The fraction of sp³-hybridized carbons (Fsp3) is 0.200. The first-order chi connectivity index (χ1) is 8.38. The first kappa shape index (κ1) is 12.6. The molecule has 0 saturated heterocycles. The molecule has 0 amide bonds. The molecule has 0 atom stereocenters. The highest BCUT2D eigenvalue weighted by atomic mass is 16.5. The predicted molar refractivity (Wildman–Crippen MR) is 69.1 cm³/mol. The molecular formula is C15H12NO. The summed E-state index contributed by atoms with van der Waals surface area (Å²) in [5, 5.41) is 2.93. The van der Waals surface area contributed by atoms with E-state index >= 15 is 0 Å². The summed E-state index contributed by atoms with van der Waals surface area (Å²) in [4.78, 5) is 0. The third-order valence-corrected chi connectivity index (χ3v) is 1.81. The van der Waals surface area contributed by atoms with E-state index in [0.717, 1.165) is 5.69 Å². The second-order valence-corrected chi connectivity index (χ2v) is 3.05. The topological polar surface area (TPSA) is 21.3 Å². The van der Waals surface area contributed by atoms with Crippen LogP contribution in [0.3, 0.4) is 0 Å². The van der Waals surface area contributed by atoms with Gasteiger partial charge in [0.05, 0.1) is 5.69 Å². The van der Waals surface area contributed by atoms with Crippen LogP contribution in [0.25, 0.3) is 0 Å². The number of hydrogen-bond donors (Lipinski definition) is 1. The maximum atomic E-state index is 5.35. The predicted octanol–water partition coefficient (Wildman–Crippen LogP) is 2.28. The number of benzene rings is 1. The van der Waals surface area contributed by atoms with Gasteiger partial charge in [-0.2, -0.15) is 0 Å². The van der Waals surface area contributed by atoms with Crippen molar-refractivity contribution >= 4 is 5.69 Å². The van der Waals surface area contributed by atoms with Gasteiger partial charge in [-0.3, -0.25) is 0 Å². The molecule has 0 aliphatic rings. The first-order valence-corrected chi connectivity index (χ1v) is 5.12. The van der Waals surface area contributed by atoms with Crippen LogP contribution in [0.1, 0.15) is 12.8 Å². The van der Waals surface area contributed by atoms with Gasteiger partial charge in [-0.1, -0.05) is 17.9 Å². The highest BCUT2D eigenvalue weighted by Gasteiger charge is 1.99. The second-order valence-electron chi connectivity index (χ2n) is 3.05. The van der Waals surface area contributed by atoms with E-state index in [2.05, 4.69) is 35.2 Å². The second kappa shape index (κ2) is 7.75. The van der Waals surface area contributed by atoms with Crippen LogP contribution >= 0.6 is 0 Å². The SMILES string of the molecule is C#CCCC#CNc1c[c]ccc1OCC#C. The van der Waals surface area contributed by atoms with E-state index in [1.54, 1.807) is 18.2 Å². The Morgan fingerprint density at radius 1 is 1.29 bits per heavy atom. The van der Waals surface area contributed by atoms with Crippen molar-refractivity contribution in [3.05, 3.63) is 24.3 Å². The van der Waals surface area contributed by atoms with Crippen LogP contribution < -0.4 is 10.1 Å². The lowest BCUT2D eigenvalue weighted by Crippen LogP contribution is -1.98. The Kier molecular flexibility index (Phi) is 5.73. The van der Waals surface area contributed by atoms with Crippen molar-refractivity contribution in [2.24, 2.45) is 0 Å². The van der Waals surface area contributed by atoms with Crippen LogP contribution in [-0.4, -0.2) is 6.61 Å². The van der Waals surface area contributed by atoms with Crippen molar-refractivity contribution in [1.29, 1.82) is 0 Å². The maximum Gasteiger partial charge on any atom is 0.148 e. The first-order valence-electron chi connectivity index (χ1n) is 5.12. The van der Waals surface area contributed by atoms with E-state index in [1.165, 1.54) is 0 Å². The number of ether oxygens (including phenoxy) is 1. The van der Waals surface area contributed by atoms with Crippen molar-refractivity contribution in [2.75, 3.05) is 11.9 Å². The quantitative estimate of drug-likeness (QED) is 0.479. The molecule has 0 spiro atoms. The normalized spacial score (nSPS) is 8.12. The maximum absolute atomic E-state index is 5.35. The number of anilines is 1. The van der Waals surface area contributed by atoms with E-state index in [1.807, 2.05) is 0 Å². The molecule has 1 N–H and O–H groups in total. The van der Waals surface area contributed by atoms with Gasteiger partial charge in [0.25, 0.3) is 0 Å². The zero-order valence-electron chi connectivity index (χ0n) is 9.42. The molecule has 1 aromatic rings. The molecule has 0 aromatic heterocycles. The summed E-state index contributed by atoms with van der Waals surface area (Å²) in [7, 11) is 0. The molecule has 2 nitrogen and oxygen atoms in total. The third-order valence-electron chi connectivity index (χ3n) is 1.81. The highest BCUT2D eigenvalue weighted by molar-refractivity contribution is 5.58. The summed E-state index contributed by atoms with van der Waals surface area (Å²) < 4.78 is 5.35. The van der Waals surface area contributed by atoms with E-state index in [4.69, 9.17) is 17.6 Å². The van der Waals surface area contributed by atoms with Crippen molar-refractivity contribution < 1.29 is 4.74 Å². The van der Waals surface area contributed by atoms with Gasteiger partial charge in [-0.05, 0) is 18.2 Å². The minimum Gasteiger partial charge on any atom is -0.479 e. The number of hydrogen-bond acceptors (Lipinski definition) is 2. The van der Waals surface area contributed by atoms with Crippen molar-refractivity contribution in [3.8, 4) is 42.4 Å². The lowest BCUT2D eigenvalue weighted by atomic mass is 10.3. The van der Waals surface area contributed by atoms with E-state index in [-0.39, 0.29) is 6.61 Å². The smallest absolute Gasteiger partial charge is 0.148 e. The zero-order valence-corrected chi connectivity index (χ0v) is 9.42. The lowest BCUT2D eigenvalue weighted by Gasteiger charge is -2.07. The van der Waals surface area contributed by atoms with Gasteiger partial charge in [-0.25, -0.2) is 0 Å². The standard InChI is InChI=1S/C15H12NO/c1-3-5-6-9-12-16-14-10-7-8-11-15(14)17-13-4-2/h1-2,8,10-11,16H,5-6,13H2. The minimum absolute atomic E-state index is 0.225. The fourth-order valence-electron chi connectivity index (χ4n) is 1.07. The Labute approximate surface area is 102 Å². The summed E-state index contributed by atoms with van der Waals surface area (Å²) in [6, 6.07) is 11.0. The van der Waals surface area contributed by atoms with Gasteiger partial charge in [0.2, 0.25) is 0 Å². The Balaban J connectivity index is 2.60. The van der Waals surface area contributed by atoms with Gasteiger partial charge in [0, 0.05) is 18.9 Å². The summed E-state index contributed by atoms with van der Waals surface area (Å²) in [5.41, 5.74) is 0.746. The Morgan fingerprint density at radius 3 is 2.94 bits per heavy atom. The number of rotatable bonds is 4. The molecule has 1 rings (SSSR count). The highest BCUT2D eigenvalue weighted by Crippen LogP contribution is 2.22. The summed E-state index contributed by atoms with van der Waals surface area (Å²) in [6.45, 7) is 0.225. The number of terminal acetylenes is 2. The molecule has 1 radical (unpaired) electrons. The van der Waals surface area contributed by atoms with E-state index < -0.39 is 0 Å². The molecule has 17 heavy (non-hydrogen) atoms. The summed E-state index contributed by atoms with van der Waals surface area (Å²) in [5.74, 6) is 8.50. The molecule has 0 bridgehead atoms. The van der Waals surface area contributed by atoms with Crippen molar-refractivity contribution in [1.82, 2.24) is 0 Å². The number of unbranched alkanes of at least 4 members (excludes halogenated alkanes) is 1. The van der Waals surface area contributed by atoms with Crippen LogP contribution in [0.2, 0.25) is 0 Å². The van der Waals surface area contributed by atoms with Gasteiger partial charge in [0.15, 0.2) is 0 Å². The minimum atomic E-state index is 0.225.